The van der Waals surface area contributed by atoms with Gasteiger partial charge in [0.2, 0.25) is 0 Å². The SMILES string of the molecule is IN1C=CC2(CC1)CC2. The Morgan fingerprint density at radius 3 is 2.56 bits per heavy atom. The second-order valence-electron chi connectivity index (χ2n) is 3.05. The first-order chi connectivity index (χ1) is 4.31. The first kappa shape index (κ1) is 6.01. The summed E-state index contributed by atoms with van der Waals surface area (Å²) in [6.45, 7) is 1.25. The molecule has 0 aromatic carbocycles. The van der Waals surface area contributed by atoms with Gasteiger partial charge in [-0.1, -0.05) is 6.08 Å². The van der Waals surface area contributed by atoms with Crippen molar-refractivity contribution in [1.29, 1.82) is 0 Å². The highest BCUT2D eigenvalue weighted by Gasteiger charge is 2.41. The van der Waals surface area contributed by atoms with Crippen LogP contribution >= 0.6 is 22.9 Å². The molecule has 0 aromatic heterocycles. The Morgan fingerprint density at radius 2 is 2.11 bits per heavy atom. The molecule has 0 unspecified atom stereocenters. The van der Waals surface area contributed by atoms with Gasteiger partial charge in [-0.3, -0.25) is 0 Å². The number of allylic oxidation sites excluding steroid dienone is 1. The second kappa shape index (κ2) is 1.87. The fourth-order valence-electron chi connectivity index (χ4n) is 1.30. The van der Waals surface area contributed by atoms with Crippen molar-refractivity contribution in [3.8, 4) is 0 Å². The van der Waals surface area contributed by atoms with Gasteiger partial charge in [0.1, 0.15) is 0 Å². The predicted octanol–water partition coefficient (Wildman–Crippen LogP) is 2.34. The predicted molar refractivity (Wildman–Crippen MR) is 46.2 cm³/mol. The Morgan fingerprint density at radius 1 is 1.33 bits per heavy atom. The van der Waals surface area contributed by atoms with Crippen LogP contribution in [0.25, 0.3) is 0 Å². The Balaban J connectivity index is 2.09. The number of halogens is 1. The van der Waals surface area contributed by atoms with E-state index in [2.05, 4.69) is 38.3 Å². The minimum atomic E-state index is 0.682. The molecule has 1 saturated carbocycles. The Kier molecular flexibility index (Phi) is 1.25. The van der Waals surface area contributed by atoms with Gasteiger partial charge >= 0.3 is 0 Å². The Bertz CT molecular complexity index is 149. The van der Waals surface area contributed by atoms with Crippen LogP contribution in [0.5, 0.6) is 0 Å². The third kappa shape index (κ3) is 1.09. The van der Waals surface area contributed by atoms with Gasteiger partial charge in [-0.05, 0) is 24.7 Å². The molecule has 0 saturated heterocycles. The summed E-state index contributed by atoms with van der Waals surface area (Å²) < 4.78 is 2.24. The van der Waals surface area contributed by atoms with Gasteiger partial charge in [0, 0.05) is 12.7 Å². The van der Waals surface area contributed by atoms with Crippen LogP contribution in [0.4, 0.5) is 0 Å². The monoisotopic (exact) mass is 235 g/mol. The van der Waals surface area contributed by atoms with E-state index in [-0.39, 0.29) is 0 Å². The lowest BCUT2D eigenvalue weighted by Gasteiger charge is -2.21. The molecule has 0 N–H and O–H groups in total. The van der Waals surface area contributed by atoms with Crippen LogP contribution in [0.2, 0.25) is 0 Å². The molecule has 0 amide bonds. The molecule has 2 rings (SSSR count). The van der Waals surface area contributed by atoms with Crippen molar-refractivity contribution in [3.05, 3.63) is 12.3 Å². The first-order valence-corrected chi connectivity index (χ1v) is 4.39. The molecular formula is C7H10IN. The first-order valence-electron chi connectivity index (χ1n) is 3.43. The molecule has 1 nitrogen and oxygen atoms in total. The lowest BCUT2D eigenvalue weighted by atomic mass is 10.0. The number of hydrogen-bond donors (Lipinski definition) is 0. The van der Waals surface area contributed by atoms with Gasteiger partial charge in [0.15, 0.2) is 0 Å². The summed E-state index contributed by atoms with van der Waals surface area (Å²) in [7, 11) is 0. The molecule has 1 aliphatic carbocycles. The van der Waals surface area contributed by atoms with E-state index in [1.165, 1.54) is 25.8 Å². The van der Waals surface area contributed by atoms with Crippen LogP contribution in [0.15, 0.2) is 12.3 Å². The minimum Gasteiger partial charge on any atom is -0.322 e. The van der Waals surface area contributed by atoms with Crippen molar-refractivity contribution >= 4 is 22.9 Å². The normalized spacial score (nSPS) is 29.2. The molecule has 0 radical (unpaired) electrons. The highest BCUT2D eigenvalue weighted by atomic mass is 127. The molecular weight excluding hydrogens is 225 g/mol. The highest BCUT2D eigenvalue weighted by molar-refractivity contribution is 14.1. The van der Waals surface area contributed by atoms with Gasteiger partial charge in [-0.15, -0.1) is 0 Å². The summed E-state index contributed by atoms with van der Waals surface area (Å²) in [6.07, 6.45) is 8.86. The zero-order valence-corrected chi connectivity index (χ0v) is 7.47. The molecule has 1 fully saturated rings. The summed E-state index contributed by atoms with van der Waals surface area (Å²) in [5.41, 5.74) is 0.682. The smallest absolute Gasteiger partial charge is 0.0585 e. The summed E-state index contributed by atoms with van der Waals surface area (Å²) in [4.78, 5) is 0. The topological polar surface area (TPSA) is 3.24 Å². The van der Waals surface area contributed by atoms with Gasteiger partial charge < -0.3 is 3.11 Å². The van der Waals surface area contributed by atoms with E-state index in [4.69, 9.17) is 0 Å². The van der Waals surface area contributed by atoms with E-state index in [1.807, 2.05) is 0 Å². The van der Waals surface area contributed by atoms with E-state index in [1.54, 1.807) is 0 Å². The van der Waals surface area contributed by atoms with Crippen molar-refractivity contribution in [1.82, 2.24) is 3.11 Å². The minimum absolute atomic E-state index is 0.682. The zero-order chi connectivity index (χ0) is 6.32. The van der Waals surface area contributed by atoms with Gasteiger partial charge in [0.25, 0.3) is 0 Å². The molecule has 2 aliphatic rings. The van der Waals surface area contributed by atoms with Crippen LogP contribution in [0.3, 0.4) is 0 Å². The maximum absolute atomic E-state index is 2.38. The summed E-state index contributed by atoms with van der Waals surface area (Å²) in [5.74, 6) is 0. The lowest BCUT2D eigenvalue weighted by molar-refractivity contribution is 0.472. The van der Waals surface area contributed by atoms with Crippen LogP contribution in [-0.4, -0.2) is 9.66 Å². The van der Waals surface area contributed by atoms with Crippen LogP contribution in [0, 0.1) is 5.41 Å². The van der Waals surface area contributed by atoms with Crippen LogP contribution in [0.1, 0.15) is 19.3 Å². The Hall–Kier alpha value is 0.270. The molecule has 1 aliphatic heterocycles. The molecule has 1 spiro atoms. The van der Waals surface area contributed by atoms with E-state index >= 15 is 0 Å². The average Bonchev–Trinajstić information content (AvgIpc) is 2.60. The Labute approximate surface area is 69.6 Å². The van der Waals surface area contributed by atoms with Gasteiger partial charge in [0.05, 0.1) is 22.9 Å². The average molecular weight is 235 g/mol. The van der Waals surface area contributed by atoms with Crippen LogP contribution in [-0.2, 0) is 0 Å². The van der Waals surface area contributed by atoms with Gasteiger partial charge in [-0.25, -0.2) is 0 Å². The molecule has 2 heteroatoms. The molecule has 50 valence electrons. The third-order valence-electron chi connectivity index (χ3n) is 2.31. The molecule has 1 heterocycles. The van der Waals surface area contributed by atoms with E-state index in [0.717, 1.165) is 0 Å². The van der Waals surface area contributed by atoms with Gasteiger partial charge in [-0.2, -0.15) is 0 Å². The second-order valence-corrected chi connectivity index (χ2v) is 4.29. The van der Waals surface area contributed by atoms with Crippen molar-refractivity contribution < 1.29 is 0 Å². The fourth-order valence-corrected chi connectivity index (χ4v) is 1.71. The number of nitrogens with zero attached hydrogens (tertiary/aromatic N) is 1. The number of rotatable bonds is 0. The summed E-state index contributed by atoms with van der Waals surface area (Å²) >= 11 is 2.35. The maximum Gasteiger partial charge on any atom is 0.0585 e. The maximum atomic E-state index is 2.38. The third-order valence-corrected chi connectivity index (χ3v) is 3.11. The molecule has 0 bridgehead atoms. The van der Waals surface area contributed by atoms with Crippen molar-refractivity contribution in [2.24, 2.45) is 5.41 Å². The largest absolute Gasteiger partial charge is 0.322 e. The zero-order valence-electron chi connectivity index (χ0n) is 5.31. The van der Waals surface area contributed by atoms with E-state index in [0.29, 0.717) is 5.41 Å². The molecule has 9 heavy (non-hydrogen) atoms. The van der Waals surface area contributed by atoms with Crippen molar-refractivity contribution in [2.75, 3.05) is 6.54 Å². The standard InChI is InChI=1S/C7H10IN/c8-9-5-3-7(1-2-7)4-6-9/h3,5H,1-2,4,6H2. The number of hydrogen-bond acceptors (Lipinski definition) is 1. The quantitative estimate of drug-likeness (QED) is 0.460. The molecule has 0 atom stereocenters. The molecule has 0 aromatic rings. The van der Waals surface area contributed by atoms with Crippen molar-refractivity contribution in [2.45, 2.75) is 19.3 Å². The highest BCUT2D eigenvalue weighted by Crippen LogP contribution is 2.51. The van der Waals surface area contributed by atoms with Crippen LogP contribution < -0.4 is 0 Å². The fraction of sp³-hybridized carbons (Fsp3) is 0.714. The van der Waals surface area contributed by atoms with E-state index < -0.39 is 0 Å². The summed E-state index contributed by atoms with van der Waals surface area (Å²) in [6, 6.07) is 0. The van der Waals surface area contributed by atoms with E-state index in [9.17, 15) is 0 Å². The van der Waals surface area contributed by atoms with Crippen molar-refractivity contribution in [3.63, 3.8) is 0 Å². The summed E-state index contributed by atoms with van der Waals surface area (Å²) in [5, 5.41) is 0. The lowest BCUT2D eigenvalue weighted by Crippen LogP contribution is -2.15.